The summed E-state index contributed by atoms with van der Waals surface area (Å²) < 4.78 is 95.1. The number of benzene rings is 4. The average molecular weight is 1390 g/mol. The van der Waals surface area contributed by atoms with Gasteiger partial charge in [-0.25, -0.2) is 39.8 Å². The SMILES string of the molecule is C.C1CCOC1.Cc1c(=O)n(C)c(Nc2ccc(I)cc2F)c2c(=O)n(C3CC3)c(=O)n(-c3cccc(NS(C)(=O)=O)c3)c12.Cc1c(Nc2cccc(NS(C)(=O)=O)c2)c2c(=O)n(C3CC3)c(=O)n(-c3ccc(I)cc3F)c2n(C)c1=O. The first-order valence-corrected chi connectivity index (χ1v) is 31.2. The van der Waals surface area contributed by atoms with E-state index < -0.39 is 65.3 Å². The summed E-state index contributed by atoms with van der Waals surface area (Å²) >= 11 is 3.93. The minimum absolute atomic E-state index is 0. The highest BCUT2D eigenvalue weighted by molar-refractivity contribution is 14.1. The van der Waals surface area contributed by atoms with Crippen LogP contribution in [-0.2, 0) is 38.9 Å². The zero-order chi connectivity index (χ0) is 58.6. The normalized spacial score (nSPS) is 14.1. The number of rotatable bonds is 12. The molecule has 11 rings (SSSR count). The van der Waals surface area contributed by atoms with Crippen molar-refractivity contribution >= 4 is 121 Å². The Morgan fingerprint density at radius 1 is 0.585 bits per heavy atom. The van der Waals surface area contributed by atoms with Crippen LogP contribution in [0.1, 0.15) is 69.2 Å². The molecule has 0 amide bonds. The molecule has 4 aromatic heterocycles. The molecule has 4 aromatic carbocycles. The second kappa shape index (κ2) is 24.1. The third kappa shape index (κ3) is 12.8. The third-order valence-electron chi connectivity index (χ3n) is 13.5. The lowest BCUT2D eigenvalue weighted by Gasteiger charge is -2.21. The lowest BCUT2D eigenvalue weighted by Crippen LogP contribution is -2.42. The van der Waals surface area contributed by atoms with Gasteiger partial charge >= 0.3 is 11.4 Å². The van der Waals surface area contributed by atoms with E-state index in [0.717, 1.165) is 39.4 Å². The molecule has 1 saturated heterocycles. The standard InChI is InChI=1S/2C25H23FIN5O5S.C4H8O.CH4/c1-13-21-20(22(30(2)23(13)33)28-19-10-7-14(27)11-18(19)26)24(34)32(16-8-9-16)25(35)31(21)17-6-4-5-15(12-17)29-38(3,36)37;1-13-21(28-15-5-4-6-16(12-15)29-38(3,36)37)20-22(30(2)23(13)33)32(19-10-7-14(27)11-18(19)26)25(35)31(24(20)34)17-8-9-17;1-2-4-5-3-1;/h4-7,10-12,16,28-29H,8-9H2,1-3H3;4-7,10-12,17,28-29H,8-9H2,1-3H3;1-4H2;1H4. The summed E-state index contributed by atoms with van der Waals surface area (Å²) in [6.07, 6.45) is 7.11. The maximum atomic E-state index is 15.2. The summed E-state index contributed by atoms with van der Waals surface area (Å²) in [7, 11) is -4.25. The molecule has 0 bridgehead atoms. The number of anilines is 6. The number of fused-ring (bicyclic) bond motifs is 2. The van der Waals surface area contributed by atoms with E-state index in [1.54, 1.807) is 49.4 Å². The van der Waals surface area contributed by atoms with Crippen LogP contribution in [0.15, 0.2) is 114 Å². The number of hydrogen-bond acceptors (Lipinski definition) is 13. The van der Waals surface area contributed by atoms with Crippen molar-refractivity contribution in [1.29, 1.82) is 0 Å². The monoisotopic (exact) mass is 1390 g/mol. The number of nitrogens with zero attached hydrogens (tertiary/aromatic N) is 6. The van der Waals surface area contributed by atoms with Gasteiger partial charge in [0, 0.05) is 63.3 Å². The highest BCUT2D eigenvalue weighted by Crippen LogP contribution is 2.36. The first-order chi connectivity index (χ1) is 38.2. The topological polar surface area (TPSA) is 258 Å². The maximum absolute atomic E-state index is 15.2. The van der Waals surface area contributed by atoms with Crippen LogP contribution in [0, 0.1) is 32.6 Å². The zero-order valence-electron chi connectivity index (χ0n) is 44.4. The van der Waals surface area contributed by atoms with Crippen LogP contribution < -0.4 is 53.7 Å². The minimum atomic E-state index is -3.61. The molecule has 0 spiro atoms. The van der Waals surface area contributed by atoms with Gasteiger partial charge in [-0.2, -0.15) is 0 Å². The Kier molecular flexibility index (Phi) is 18.0. The Hall–Kier alpha value is -6.96. The molecule has 82 heavy (non-hydrogen) atoms. The Morgan fingerprint density at radius 2 is 1.10 bits per heavy atom. The molecule has 0 unspecified atom stereocenters. The number of hydrogen-bond donors (Lipinski definition) is 4. The van der Waals surface area contributed by atoms with Gasteiger partial charge in [-0.1, -0.05) is 19.6 Å². The Morgan fingerprint density at radius 3 is 1.63 bits per heavy atom. The summed E-state index contributed by atoms with van der Waals surface area (Å²) in [6, 6.07) is 20.6. The summed E-state index contributed by atoms with van der Waals surface area (Å²) in [4.78, 5) is 81.8. The highest BCUT2D eigenvalue weighted by Gasteiger charge is 2.34. The molecule has 21 nitrogen and oxygen atoms in total. The van der Waals surface area contributed by atoms with Crippen LogP contribution in [0.4, 0.5) is 43.0 Å². The van der Waals surface area contributed by atoms with Gasteiger partial charge in [0.1, 0.15) is 33.9 Å². The number of halogens is 4. The smallest absolute Gasteiger partial charge is 0.337 e. The molecule has 27 heteroatoms. The molecule has 4 N–H and O–H groups in total. The number of sulfonamides is 2. The molecule has 8 aromatic rings. The van der Waals surface area contributed by atoms with Crippen LogP contribution in [0.2, 0.25) is 0 Å². The van der Waals surface area contributed by atoms with Gasteiger partial charge in [-0.15, -0.1) is 0 Å². The van der Waals surface area contributed by atoms with Crippen molar-refractivity contribution in [2.75, 3.05) is 45.8 Å². The van der Waals surface area contributed by atoms with E-state index in [0.29, 0.717) is 38.5 Å². The first kappa shape index (κ1) is 61.1. The fourth-order valence-electron chi connectivity index (χ4n) is 9.51. The Labute approximate surface area is 496 Å². The average Bonchev–Trinajstić information content (AvgIpc) is 1.67. The van der Waals surface area contributed by atoms with E-state index in [2.05, 4.69) is 20.1 Å². The molecule has 0 atom stereocenters. The third-order valence-corrected chi connectivity index (χ3v) is 16.1. The number of aryl methyl sites for hydroxylation is 2. The fourth-order valence-corrected chi connectivity index (χ4v) is 11.5. The Bertz CT molecular complexity index is 4500. The molecule has 1 aliphatic heterocycles. The van der Waals surface area contributed by atoms with Gasteiger partial charge in [0.2, 0.25) is 20.0 Å². The minimum Gasteiger partial charge on any atom is -0.381 e. The van der Waals surface area contributed by atoms with Crippen LogP contribution in [0.3, 0.4) is 0 Å². The number of aromatic nitrogens is 6. The molecular weight excluding hydrogens is 1330 g/mol. The molecule has 3 aliphatic rings. The van der Waals surface area contributed by atoms with Crippen LogP contribution in [0.25, 0.3) is 33.3 Å². The predicted molar refractivity (Wildman–Crippen MR) is 333 cm³/mol. The van der Waals surface area contributed by atoms with Gasteiger partial charge in [0.25, 0.3) is 22.2 Å². The largest absolute Gasteiger partial charge is 0.381 e. The molecule has 5 heterocycles. The van der Waals surface area contributed by atoms with Crippen LogP contribution >= 0.6 is 45.2 Å². The van der Waals surface area contributed by atoms with Gasteiger partial charge in [0.15, 0.2) is 0 Å². The van der Waals surface area contributed by atoms with Gasteiger partial charge in [-0.3, -0.25) is 51.5 Å². The lowest BCUT2D eigenvalue weighted by molar-refractivity contribution is 0.198. The zero-order valence-corrected chi connectivity index (χ0v) is 50.3. The second-order valence-corrected chi connectivity index (χ2v) is 25.8. The van der Waals surface area contributed by atoms with Crippen molar-refractivity contribution in [3.05, 3.63) is 177 Å². The van der Waals surface area contributed by atoms with Gasteiger partial charge in [-0.05, 0) is 170 Å². The van der Waals surface area contributed by atoms with Gasteiger partial charge in [0.05, 0.1) is 52.2 Å². The fraction of sp³-hybridized carbons (Fsp3) is 0.309. The second-order valence-electron chi connectivity index (χ2n) is 19.8. The molecule has 0 radical (unpaired) electrons. The van der Waals surface area contributed by atoms with E-state index in [-0.39, 0.29) is 92.5 Å². The van der Waals surface area contributed by atoms with Crippen molar-refractivity contribution in [2.45, 2.75) is 71.9 Å². The number of ether oxygens (including phenoxy) is 1. The molecule has 434 valence electrons. The van der Waals surface area contributed by atoms with Crippen molar-refractivity contribution in [3.63, 3.8) is 0 Å². The lowest BCUT2D eigenvalue weighted by atomic mass is 10.1. The molecule has 2 saturated carbocycles. The quantitative estimate of drug-likeness (QED) is 0.0844. The number of nitrogens with one attached hydrogen (secondary N) is 4. The molecule has 3 fully saturated rings. The predicted octanol–water partition coefficient (Wildman–Crippen LogP) is 8.14. The Balaban J connectivity index is 0.000000195. The van der Waals surface area contributed by atoms with Crippen LogP contribution in [0.5, 0.6) is 0 Å². The highest BCUT2D eigenvalue weighted by atomic mass is 127. The van der Waals surface area contributed by atoms with E-state index >= 15 is 4.39 Å². The summed E-state index contributed by atoms with van der Waals surface area (Å²) in [5, 5.41) is 6.07. The number of pyridine rings is 2. The van der Waals surface area contributed by atoms with Crippen molar-refractivity contribution in [1.82, 2.24) is 27.4 Å². The first-order valence-electron chi connectivity index (χ1n) is 25.2. The maximum Gasteiger partial charge on any atom is 0.337 e. The molecule has 2 aliphatic carbocycles. The van der Waals surface area contributed by atoms with Crippen molar-refractivity contribution in [3.8, 4) is 11.4 Å². The van der Waals surface area contributed by atoms with E-state index in [4.69, 9.17) is 4.74 Å². The van der Waals surface area contributed by atoms with Crippen LogP contribution in [-0.4, -0.2) is 70.0 Å². The van der Waals surface area contributed by atoms with Crippen molar-refractivity contribution in [2.24, 2.45) is 14.1 Å². The van der Waals surface area contributed by atoms with E-state index in [1.807, 2.05) is 45.2 Å². The molecular formula is C55H58F2I2N10O11S2. The summed E-state index contributed by atoms with van der Waals surface area (Å²) in [5.41, 5.74) is -1.96. The van der Waals surface area contributed by atoms with Crippen molar-refractivity contribution < 1.29 is 30.4 Å². The van der Waals surface area contributed by atoms with E-state index in [9.17, 15) is 50.0 Å². The summed E-state index contributed by atoms with van der Waals surface area (Å²) in [6.45, 7) is 5.06. The van der Waals surface area contributed by atoms with Gasteiger partial charge < -0.3 is 15.4 Å². The van der Waals surface area contributed by atoms with E-state index in [1.165, 1.54) is 90.0 Å². The summed E-state index contributed by atoms with van der Waals surface area (Å²) in [5.74, 6) is -1.22.